The second kappa shape index (κ2) is 6.18. The fourth-order valence-corrected chi connectivity index (χ4v) is 4.40. The van der Waals surface area contributed by atoms with Crippen molar-refractivity contribution in [3.8, 4) is 0 Å². The molecule has 0 N–H and O–H groups in total. The monoisotopic (exact) mass is 387 g/mol. The van der Waals surface area contributed by atoms with Crippen molar-refractivity contribution in [3.05, 3.63) is 5.92 Å². The first-order valence-corrected chi connectivity index (χ1v) is 7.94. The van der Waals surface area contributed by atoms with Crippen LogP contribution < -0.4 is 0 Å². The van der Waals surface area contributed by atoms with Crippen LogP contribution in [0, 0.1) is 17.3 Å². The molecule has 0 heterocycles. The maximum Gasteiger partial charge on any atom is 0.423 e. The predicted molar refractivity (Wildman–Crippen MR) is 68.1 cm³/mol. The molecule has 3 unspecified atom stereocenters. The Hall–Kier alpha value is -0.700. The number of alkyl halides is 10. The Bertz CT molecular complexity index is 476. The minimum Gasteiger partial charge on any atom is -0.233 e. The van der Waals surface area contributed by atoms with E-state index in [0.717, 1.165) is 0 Å². The summed E-state index contributed by atoms with van der Waals surface area (Å²) >= 11 is 0. The fraction of sp³-hybridized carbons (Fsp3) is 0.933. The molecule has 0 spiro atoms. The van der Waals surface area contributed by atoms with Crippen LogP contribution >= 0.6 is 0 Å². The Morgan fingerprint density at radius 3 is 1.76 bits per heavy atom. The molecule has 2 rings (SSSR count). The number of hydrogen-bond acceptors (Lipinski definition) is 0. The standard InChI is InChI=1S/C15H17F10/c16-12(15(23,24)25)8-4-2-5-9(12)11(14(20,21)22)7-3-1-6-10(11)13(17,18)19/h10H,1-8H2. The van der Waals surface area contributed by atoms with E-state index in [2.05, 4.69) is 0 Å². The van der Waals surface area contributed by atoms with Crippen LogP contribution in [0.4, 0.5) is 43.9 Å². The minimum atomic E-state index is -5.69. The molecule has 0 amide bonds. The van der Waals surface area contributed by atoms with Gasteiger partial charge in [-0.15, -0.1) is 0 Å². The lowest BCUT2D eigenvalue weighted by atomic mass is 9.52. The Morgan fingerprint density at radius 2 is 1.28 bits per heavy atom. The van der Waals surface area contributed by atoms with Crippen molar-refractivity contribution in [2.24, 2.45) is 11.3 Å². The van der Waals surface area contributed by atoms with Gasteiger partial charge in [-0.2, -0.15) is 39.5 Å². The van der Waals surface area contributed by atoms with Gasteiger partial charge >= 0.3 is 18.5 Å². The maximum absolute atomic E-state index is 14.8. The smallest absolute Gasteiger partial charge is 0.233 e. The lowest BCUT2D eigenvalue weighted by molar-refractivity contribution is -0.324. The fourth-order valence-electron chi connectivity index (χ4n) is 4.40. The first kappa shape index (κ1) is 20.6. The van der Waals surface area contributed by atoms with Gasteiger partial charge in [-0.3, -0.25) is 0 Å². The number of halogens is 10. The molecular weight excluding hydrogens is 370 g/mol. The molecule has 3 atom stereocenters. The van der Waals surface area contributed by atoms with E-state index in [0.29, 0.717) is 0 Å². The molecule has 2 saturated carbocycles. The molecule has 0 aliphatic heterocycles. The molecule has 2 fully saturated rings. The third-order valence-electron chi connectivity index (χ3n) is 5.47. The van der Waals surface area contributed by atoms with Crippen molar-refractivity contribution >= 4 is 0 Å². The first-order chi connectivity index (χ1) is 11.2. The molecule has 25 heavy (non-hydrogen) atoms. The van der Waals surface area contributed by atoms with Gasteiger partial charge in [0.15, 0.2) is 0 Å². The van der Waals surface area contributed by atoms with Gasteiger partial charge < -0.3 is 0 Å². The Morgan fingerprint density at radius 1 is 0.720 bits per heavy atom. The van der Waals surface area contributed by atoms with Crippen molar-refractivity contribution in [2.45, 2.75) is 75.6 Å². The Balaban J connectivity index is 2.67. The highest BCUT2D eigenvalue weighted by Crippen LogP contribution is 2.68. The maximum atomic E-state index is 14.8. The summed E-state index contributed by atoms with van der Waals surface area (Å²) in [6, 6.07) is 0. The zero-order valence-electron chi connectivity index (χ0n) is 13.0. The van der Waals surface area contributed by atoms with Gasteiger partial charge in [-0.05, 0) is 32.1 Å². The van der Waals surface area contributed by atoms with Crippen molar-refractivity contribution in [3.63, 3.8) is 0 Å². The van der Waals surface area contributed by atoms with Crippen LogP contribution in [0.5, 0.6) is 0 Å². The van der Waals surface area contributed by atoms with E-state index in [1.165, 1.54) is 0 Å². The average Bonchev–Trinajstić information content (AvgIpc) is 2.44. The van der Waals surface area contributed by atoms with Crippen LogP contribution in [-0.2, 0) is 0 Å². The molecule has 0 aromatic carbocycles. The summed E-state index contributed by atoms with van der Waals surface area (Å²) in [5.41, 5.74) is -8.17. The normalized spacial score (nSPS) is 36.5. The second-order valence-corrected chi connectivity index (χ2v) is 6.79. The summed E-state index contributed by atoms with van der Waals surface area (Å²) in [5, 5.41) is 0. The lowest BCUT2D eigenvalue weighted by Gasteiger charge is -2.55. The predicted octanol–water partition coefficient (Wildman–Crippen LogP) is 6.71. The SMILES string of the molecule is FC(F)(F)C1CCCCC1([C]1CCCCC1(F)C(F)(F)F)C(F)(F)F. The Labute approximate surface area is 137 Å². The highest BCUT2D eigenvalue weighted by Gasteiger charge is 2.77. The molecule has 1 radical (unpaired) electrons. The van der Waals surface area contributed by atoms with Crippen LogP contribution in [0.2, 0.25) is 0 Å². The van der Waals surface area contributed by atoms with E-state index in [-0.39, 0.29) is 25.7 Å². The molecular formula is C15H17F10. The summed E-state index contributed by atoms with van der Waals surface area (Å²) in [4.78, 5) is 0. The lowest BCUT2D eigenvalue weighted by Crippen LogP contribution is -2.63. The summed E-state index contributed by atoms with van der Waals surface area (Å²) in [5.74, 6) is -4.73. The highest BCUT2D eigenvalue weighted by molar-refractivity contribution is 5.27. The molecule has 0 aromatic rings. The number of hydrogen-bond donors (Lipinski definition) is 0. The summed E-state index contributed by atoms with van der Waals surface area (Å²) in [6.45, 7) is 0. The van der Waals surface area contributed by atoms with Crippen LogP contribution in [0.15, 0.2) is 0 Å². The van der Waals surface area contributed by atoms with E-state index in [1.54, 1.807) is 0 Å². The zero-order chi connectivity index (χ0) is 19.3. The van der Waals surface area contributed by atoms with Crippen LogP contribution in [0.1, 0.15) is 51.4 Å². The quantitative estimate of drug-likeness (QED) is 0.439. The van der Waals surface area contributed by atoms with Gasteiger partial charge in [0, 0.05) is 5.92 Å². The van der Waals surface area contributed by atoms with Crippen molar-refractivity contribution in [2.75, 3.05) is 0 Å². The highest BCUT2D eigenvalue weighted by atomic mass is 19.4. The molecule has 10 heteroatoms. The Kier molecular flexibility index (Phi) is 5.09. The van der Waals surface area contributed by atoms with Gasteiger partial charge in [0.1, 0.15) is 0 Å². The zero-order valence-corrected chi connectivity index (χ0v) is 13.0. The molecule has 0 aromatic heterocycles. The molecule has 2 aliphatic rings. The van der Waals surface area contributed by atoms with Crippen LogP contribution in [-0.4, -0.2) is 24.2 Å². The molecule has 0 saturated heterocycles. The van der Waals surface area contributed by atoms with Crippen LogP contribution in [0.25, 0.3) is 0 Å². The topological polar surface area (TPSA) is 0 Å². The van der Waals surface area contributed by atoms with Crippen molar-refractivity contribution in [1.82, 2.24) is 0 Å². The van der Waals surface area contributed by atoms with E-state index in [4.69, 9.17) is 0 Å². The second-order valence-electron chi connectivity index (χ2n) is 6.79. The van der Waals surface area contributed by atoms with Gasteiger partial charge in [-0.25, -0.2) is 4.39 Å². The average molecular weight is 387 g/mol. The molecule has 147 valence electrons. The van der Waals surface area contributed by atoms with Gasteiger partial charge in [-0.1, -0.05) is 19.3 Å². The van der Waals surface area contributed by atoms with Crippen LogP contribution in [0.3, 0.4) is 0 Å². The van der Waals surface area contributed by atoms with E-state index < -0.39 is 67.1 Å². The van der Waals surface area contributed by atoms with Gasteiger partial charge in [0.25, 0.3) is 0 Å². The van der Waals surface area contributed by atoms with E-state index >= 15 is 0 Å². The van der Waals surface area contributed by atoms with Crippen molar-refractivity contribution < 1.29 is 43.9 Å². The summed E-state index contributed by atoms with van der Waals surface area (Å²) in [6.07, 6.45) is -22.1. The third kappa shape index (κ3) is 3.22. The third-order valence-corrected chi connectivity index (χ3v) is 5.47. The largest absolute Gasteiger partial charge is 0.423 e. The molecule has 0 nitrogen and oxygen atoms in total. The minimum absolute atomic E-state index is 0.194. The van der Waals surface area contributed by atoms with Gasteiger partial charge in [0.05, 0.1) is 11.3 Å². The van der Waals surface area contributed by atoms with Crippen molar-refractivity contribution in [1.29, 1.82) is 0 Å². The van der Waals surface area contributed by atoms with E-state index in [1.807, 2.05) is 0 Å². The summed E-state index contributed by atoms with van der Waals surface area (Å²) in [7, 11) is 0. The summed E-state index contributed by atoms with van der Waals surface area (Å²) < 4.78 is 136. The molecule has 2 aliphatic carbocycles. The van der Waals surface area contributed by atoms with Gasteiger partial charge in [0.2, 0.25) is 5.67 Å². The first-order valence-electron chi connectivity index (χ1n) is 7.94. The van der Waals surface area contributed by atoms with E-state index in [9.17, 15) is 43.9 Å². The number of rotatable bonds is 1. The molecule has 0 bridgehead atoms.